The number of nitrogens with zero attached hydrogens (tertiary/aromatic N) is 1. The zero-order chi connectivity index (χ0) is 35.6. The number of unbranched alkanes of at least 4 members (excludes halogenated alkanes) is 1. The van der Waals surface area contributed by atoms with Crippen molar-refractivity contribution in [1.82, 2.24) is 10.2 Å². The summed E-state index contributed by atoms with van der Waals surface area (Å²) in [6.45, 7) is 4.81. The SMILES string of the molecule is CCC(=C(c1ccc(O)cc1)c1ccc(OCCCOCCCCOc2ccc3c(c2)CN(C2CCC(=O)NC2=O)C3=O)cc1)c1ccccc1. The van der Waals surface area contributed by atoms with Crippen LogP contribution in [0.3, 0.4) is 0 Å². The molecule has 2 heterocycles. The molecule has 0 aromatic heterocycles. The van der Waals surface area contributed by atoms with Gasteiger partial charge in [-0.1, -0.05) is 61.5 Å². The number of rotatable bonds is 16. The zero-order valence-electron chi connectivity index (χ0n) is 28.9. The normalized spacial score (nSPS) is 16.1. The second-order valence-electron chi connectivity index (χ2n) is 12.7. The van der Waals surface area contributed by atoms with E-state index in [0.717, 1.165) is 53.7 Å². The van der Waals surface area contributed by atoms with Gasteiger partial charge < -0.3 is 24.2 Å². The van der Waals surface area contributed by atoms with Crippen molar-refractivity contribution in [2.24, 2.45) is 0 Å². The molecular weight excluding hydrogens is 644 g/mol. The first-order valence-electron chi connectivity index (χ1n) is 17.7. The predicted molar refractivity (Wildman–Crippen MR) is 195 cm³/mol. The van der Waals surface area contributed by atoms with E-state index < -0.39 is 11.9 Å². The summed E-state index contributed by atoms with van der Waals surface area (Å²) < 4.78 is 17.8. The van der Waals surface area contributed by atoms with Crippen LogP contribution in [0.15, 0.2) is 97.1 Å². The van der Waals surface area contributed by atoms with Crippen LogP contribution in [0.25, 0.3) is 11.1 Å². The van der Waals surface area contributed by atoms with Crippen molar-refractivity contribution in [3.63, 3.8) is 0 Å². The number of phenols is 1. The highest BCUT2D eigenvalue weighted by atomic mass is 16.5. The zero-order valence-corrected chi connectivity index (χ0v) is 28.9. The Morgan fingerprint density at radius 2 is 1.41 bits per heavy atom. The lowest BCUT2D eigenvalue weighted by atomic mass is 9.88. The van der Waals surface area contributed by atoms with Gasteiger partial charge in [0.25, 0.3) is 5.91 Å². The molecule has 1 atom stereocenters. The predicted octanol–water partition coefficient (Wildman–Crippen LogP) is 7.17. The lowest BCUT2D eigenvalue weighted by molar-refractivity contribution is -0.136. The van der Waals surface area contributed by atoms with Crippen molar-refractivity contribution in [1.29, 1.82) is 0 Å². The summed E-state index contributed by atoms with van der Waals surface area (Å²) in [7, 11) is 0. The molecule has 9 nitrogen and oxygen atoms in total. The van der Waals surface area contributed by atoms with Crippen LogP contribution in [0.1, 0.15) is 78.1 Å². The van der Waals surface area contributed by atoms with Crippen LogP contribution in [-0.4, -0.2) is 60.2 Å². The number of carbonyl (C=O) groups excluding carboxylic acids is 3. The molecule has 4 aromatic rings. The first kappa shape index (κ1) is 35.4. The van der Waals surface area contributed by atoms with Gasteiger partial charge in [0.2, 0.25) is 11.8 Å². The molecule has 2 aliphatic rings. The lowest BCUT2D eigenvalue weighted by Gasteiger charge is -2.29. The summed E-state index contributed by atoms with van der Waals surface area (Å²) >= 11 is 0. The highest BCUT2D eigenvalue weighted by Crippen LogP contribution is 2.36. The molecule has 3 amide bonds. The smallest absolute Gasteiger partial charge is 0.255 e. The number of fused-ring (bicyclic) bond motifs is 1. The minimum Gasteiger partial charge on any atom is -0.508 e. The molecule has 0 radical (unpaired) electrons. The van der Waals surface area contributed by atoms with E-state index in [4.69, 9.17) is 14.2 Å². The maximum absolute atomic E-state index is 12.9. The van der Waals surface area contributed by atoms with Gasteiger partial charge >= 0.3 is 0 Å². The Bertz CT molecular complexity index is 1850. The molecule has 9 heteroatoms. The molecule has 0 aliphatic carbocycles. The van der Waals surface area contributed by atoms with Crippen LogP contribution >= 0.6 is 0 Å². The Morgan fingerprint density at radius 1 is 0.765 bits per heavy atom. The van der Waals surface area contributed by atoms with Crippen molar-refractivity contribution in [3.8, 4) is 17.2 Å². The topological polar surface area (TPSA) is 114 Å². The molecule has 51 heavy (non-hydrogen) atoms. The minimum atomic E-state index is -0.626. The van der Waals surface area contributed by atoms with E-state index in [1.165, 1.54) is 16.0 Å². The molecule has 1 fully saturated rings. The first-order valence-corrected chi connectivity index (χ1v) is 17.7. The fourth-order valence-corrected chi connectivity index (χ4v) is 6.62. The number of phenolic OH excluding ortho intramolecular Hbond substituents is 1. The third-order valence-electron chi connectivity index (χ3n) is 9.23. The summed E-state index contributed by atoms with van der Waals surface area (Å²) in [5.74, 6) is 0.834. The molecule has 4 aromatic carbocycles. The first-order chi connectivity index (χ1) is 24.9. The number of aromatic hydroxyl groups is 1. The van der Waals surface area contributed by atoms with Crippen LogP contribution in [0.2, 0.25) is 0 Å². The van der Waals surface area contributed by atoms with Gasteiger partial charge in [-0.25, -0.2) is 0 Å². The summed E-state index contributed by atoms with van der Waals surface area (Å²) in [5, 5.41) is 12.2. The van der Waals surface area contributed by atoms with Crippen LogP contribution in [0.4, 0.5) is 0 Å². The van der Waals surface area contributed by atoms with Crippen LogP contribution < -0.4 is 14.8 Å². The van der Waals surface area contributed by atoms with Gasteiger partial charge in [-0.2, -0.15) is 0 Å². The summed E-state index contributed by atoms with van der Waals surface area (Å²) in [4.78, 5) is 38.2. The quantitative estimate of drug-likeness (QED) is 0.0729. The summed E-state index contributed by atoms with van der Waals surface area (Å²) in [6.07, 6.45) is 3.89. The molecule has 0 spiro atoms. The Kier molecular flexibility index (Phi) is 11.8. The van der Waals surface area contributed by atoms with Gasteiger partial charge in [0.15, 0.2) is 0 Å². The van der Waals surface area contributed by atoms with E-state index >= 15 is 0 Å². The van der Waals surface area contributed by atoms with Crippen LogP contribution in [0, 0.1) is 0 Å². The summed E-state index contributed by atoms with van der Waals surface area (Å²) in [5.41, 5.74) is 7.08. The molecule has 1 unspecified atom stereocenters. The monoisotopic (exact) mass is 688 g/mol. The number of allylic oxidation sites excluding steroid dienone is 1. The number of amides is 3. The Hall–Kier alpha value is -5.41. The Morgan fingerprint density at radius 3 is 2.14 bits per heavy atom. The second-order valence-corrected chi connectivity index (χ2v) is 12.7. The molecule has 0 bridgehead atoms. The number of imide groups is 1. The van der Waals surface area contributed by atoms with E-state index in [1.807, 2.05) is 36.4 Å². The van der Waals surface area contributed by atoms with E-state index in [-0.39, 0.29) is 24.0 Å². The lowest BCUT2D eigenvalue weighted by Crippen LogP contribution is -2.52. The molecule has 2 aliphatic heterocycles. The van der Waals surface area contributed by atoms with Crippen molar-refractivity contribution in [2.75, 3.05) is 26.4 Å². The Balaban J connectivity index is 0.898. The fourth-order valence-electron chi connectivity index (χ4n) is 6.62. The second kappa shape index (κ2) is 17.0. The van der Waals surface area contributed by atoms with Gasteiger partial charge in [0.05, 0.1) is 13.2 Å². The minimum absolute atomic E-state index is 0.190. The van der Waals surface area contributed by atoms with Gasteiger partial charge in [-0.05, 0) is 102 Å². The third kappa shape index (κ3) is 8.85. The molecule has 0 saturated carbocycles. The Labute approximate surface area is 298 Å². The van der Waals surface area contributed by atoms with Crippen molar-refractivity contribution < 1.29 is 33.7 Å². The number of benzene rings is 4. The molecular formula is C42H44N2O7. The van der Waals surface area contributed by atoms with E-state index in [9.17, 15) is 19.5 Å². The molecule has 1 saturated heterocycles. The van der Waals surface area contributed by atoms with Crippen molar-refractivity contribution in [2.45, 2.75) is 58.0 Å². The summed E-state index contributed by atoms with van der Waals surface area (Å²) in [6, 6.07) is 30.7. The van der Waals surface area contributed by atoms with E-state index in [0.29, 0.717) is 50.7 Å². The van der Waals surface area contributed by atoms with Gasteiger partial charge in [-0.15, -0.1) is 0 Å². The standard InChI is InChI=1S/C42H44N2O7/c1-2-36(29-9-4-3-5-10-29)40(30-11-15-33(45)16-12-30)31-13-17-34(18-14-31)50-26-8-24-49-23-6-7-25-51-35-19-20-37-32(27-35)28-44(42(37)48)38-21-22-39(46)43-41(38)47/h3-5,9-20,27,38,45H,2,6-8,21-26,28H2,1H3,(H,43,46,47). The third-order valence-corrected chi connectivity index (χ3v) is 9.23. The fraction of sp³-hybridized carbons (Fsp3) is 0.310. The van der Waals surface area contributed by atoms with Crippen LogP contribution in [-0.2, 0) is 20.9 Å². The van der Waals surface area contributed by atoms with E-state index in [2.05, 4.69) is 48.6 Å². The maximum Gasteiger partial charge on any atom is 0.255 e. The molecule has 264 valence electrons. The van der Waals surface area contributed by atoms with Crippen molar-refractivity contribution >= 4 is 28.9 Å². The van der Waals surface area contributed by atoms with Gasteiger partial charge in [0.1, 0.15) is 23.3 Å². The number of hydrogen-bond acceptors (Lipinski definition) is 7. The number of piperidine rings is 1. The number of carbonyl (C=O) groups is 3. The maximum atomic E-state index is 12.9. The average molecular weight is 689 g/mol. The highest BCUT2D eigenvalue weighted by Gasteiger charge is 2.39. The molecule has 6 rings (SSSR count). The van der Waals surface area contributed by atoms with Crippen LogP contribution in [0.5, 0.6) is 17.2 Å². The number of ether oxygens (including phenoxy) is 3. The number of hydrogen-bond donors (Lipinski definition) is 2. The van der Waals surface area contributed by atoms with Gasteiger partial charge in [-0.3, -0.25) is 19.7 Å². The largest absolute Gasteiger partial charge is 0.508 e. The molecule has 2 N–H and O–H groups in total. The van der Waals surface area contributed by atoms with Crippen molar-refractivity contribution in [3.05, 3.63) is 125 Å². The van der Waals surface area contributed by atoms with Gasteiger partial charge in [0, 0.05) is 38.2 Å². The average Bonchev–Trinajstić information content (AvgIpc) is 3.47. The van der Waals surface area contributed by atoms with E-state index in [1.54, 1.807) is 24.3 Å². The highest BCUT2D eigenvalue weighted by molar-refractivity contribution is 6.05. The number of nitrogens with one attached hydrogen (secondary N) is 1.